The summed E-state index contributed by atoms with van der Waals surface area (Å²) >= 11 is 0. The Kier molecular flexibility index (Phi) is 6.99. The Morgan fingerprint density at radius 3 is 2.67 bits per heavy atom. The summed E-state index contributed by atoms with van der Waals surface area (Å²) in [7, 11) is 3.65. The summed E-state index contributed by atoms with van der Waals surface area (Å²) in [5.41, 5.74) is 0. The van der Waals surface area contributed by atoms with Crippen molar-refractivity contribution in [1.29, 1.82) is 0 Å². The second kappa shape index (κ2) is 8.49. The van der Waals surface area contributed by atoms with Crippen LogP contribution in [0.5, 0.6) is 5.75 Å². The van der Waals surface area contributed by atoms with Crippen LogP contribution in [0.2, 0.25) is 0 Å². The monoisotopic (exact) mass is 308 g/mol. The number of fused-ring (bicyclic) bond motifs is 1. The van der Waals surface area contributed by atoms with Gasteiger partial charge >= 0.3 is 0 Å². The van der Waals surface area contributed by atoms with Crippen LogP contribution in [-0.4, -0.2) is 44.6 Å². The number of likely N-dealkylation sites (N-methyl/N-ethyl adjacent to an activating group) is 2. The van der Waals surface area contributed by atoms with Crippen LogP contribution in [0, 0.1) is 0 Å². The van der Waals surface area contributed by atoms with Crippen LogP contribution in [0.4, 0.5) is 0 Å². The van der Waals surface area contributed by atoms with Gasteiger partial charge in [-0.05, 0) is 18.5 Å². The molecule has 0 radical (unpaired) electrons. The van der Waals surface area contributed by atoms with E-state index in [1.165, 1.54) is 0 Å². The first-order chi connectivity index (χ1) is 9.72. The second-order valence-electron chi connectivity index (χ2n) is 4.68. The fourth-order valence-corrected chi connectivity index (χ4v) is 1.98. The van der Waals surface area contributed by atoms with Crippen molar-refractivity contribution < 1.29 is 9.53 Å². The third kappa shape index (κ3) is 4.62. The van der Waals surface area contributed by atoms with Gasteiger partial charge in [0.2, 0.25) is 0 Å². The number of rotatable bonds is 6. The van der Waals surface area contributed by atoms with Crippen molar-refractivity contribution in [3.8, 4) is 5.75 Å². The molecule has 0 aliphatic carbocycles. The molecule has 21 heavy (non-hydrogen) atoms. The lowest BCUT2D eigenvalue weighted by Crippen LogP contribution is -2.35. The molecule has 0 saturated heterocycles. The molecule has 0 saturated carbocycles. The lowest BCUT2D eigenvalue weighted by atomic mass is 10.1. The Balaban J connectivity index is 0.00000220. The first-order valence-corrected chi connectivity index (χ1v) is 6.71. The summed E-state index contributed by atoms with van der Waals surface area (Å²) < 4.78 is 5.67. The van der Waals surface area contributed by atoms with Crippen molar-refractivity contribution in [3.05, 3.63) is 42.5 Å². The molecule has 0 spiro atoms. The van der Waals surface area contributed by atoms with Gasteiger partial charge in [0.15, 0.2) is 6.61 Å². The van der Waals surface area contributed by atoms with E-state index in [1.807, 2.05) is 49.5 Å². The molecule has 2 aromatic carbocycles. The predicted molar refractivity (Wildman–Crippen MR) is 88.3 cm³/mol. The van der Waals surface area contributed by atoms with Gasteiger partial charge in [-0.25, -0.2) is 0 Å². The van der Waals surface area contributed by atoms with Gasteiger partial charge in [-0.15, -0.1) is 12.4 Å². The molecule has 1 amide bonds. The summed E-state index contributed by atoms with van der Waals surface area (Å²) in [5.74, 6) is 0.728. The lowest BCUT2D eigenvalue weighted by Gasteiger charge is -2.17. The molecule has 5 heteroatoms. The number of carbonyl (C=O) groups is 1. The highest BCUT2D eigenvalue weighted by atomic mass is 35.5. The van der Waals surface area contributed by atoms with Crippen molar-refractivity contribution in [1.82, 2.24) is 10.2 Å². The number of ether oxygens (including phenoxy) is 1. The number of nitrogens with zero attached hydrogens (tertiary/aromatic N) is 1. The lowest BCUT2D eigenvalue weighted by molar-refractivity contribution is -0.131. The molecule has 0 aliphatic rings. The van der Waals surface area contributed by atoms with Crippen molar-refractivity contribution in [2.75, 3.05) is 33.8 Å². The quantitative estimate of drug-likeness (QED) is 0.890. The molecular formula is C16H21ClN2O2. The molecular weight excluding hydrogens is 288 g/mol. The summed E-state index contributed by atoms with van der Waals surface area (Å²) in [6, 6.07) is 13.8. The van der Waals surface area contributed by atoms with Crippen LogP contribution in [0.3, 0.4) is 0 Å². The van der Waals surface area contributed by atoms with Gasteiger partial charge in [-0.3, -0.25) is 4.79 Å². The smallest absolute Gasteiger partial charge is 0.260 e. The molecule has 0 atom stereocenters. The van der Waals surface area contributed by atoms with E-state index in [0.29, 0.717) is 6.54 Å². The average Bonchev–Trinajstić information content (AvgIpc) is 2.50. The van der Waals surface area contributed by atoms with Crippen LogP contribution in [-0.2, 0) is 4.79 Å². The third-order valence-corrected chi connectivity index (χ3v) is 3.22. The molecule has 4 nitrogen and oxygen atoms in total. The number of hydrogen-bond donors (Lipinski definition) is 1. The molecule has 0 aromatic heterocycles. The molecule has 2 aromatic rings. The number of halogens is 1. The molecule has 114 valence electrons. The van der Waals surface area contributed by atoms with Gasteiger partial charge in [-0.2, -0.15) is 0 Å². The van der Waals surface area contributed by atoms with E-state index in [9.17, 15) is 4.79 Å². The minimum atomic E-state index is -0.0202. The Bertz CT molecular complexity index is 584. The van der Waals surface area contributed by atoms with Crippen molar-refractivity contribution in [3.63, 3.8) is 0 Å². The van der Waals surface area contributed by atoms with Crippen LogP contribution in [0.1, 0.15) is 0 Å². The molecule has 1 N–H and O–H groups in total. The number of benzene rings is 2. The van der Waals surface area contributed by atoms with Gasteiger partial charge in [0.1, 0.15) is 5.75 Å². The minimum Gasteiger partial charge on any atom is -0.483 e. The van der Waals surface area contributed by atoms with Gasteiger partial charge in [-0.1, -0.05) is 36.4 Å². The molecule has 0 aliphatic heterocycles. The van der Waals surface area contributed by atoms with Crippen molar-refractivity contribution in [2.24, 2.45) is 0 Å². The maximum atomic E-state index is 11.9. The van der Waals surface area contributed by atoms with Crippen LogP contribution < -0.4 is 10.1 Å². The first kappa shape index (κ1) is 17.3. The maximum absolute atomic E-state index is 11.9. The summed E-state index contributed by atoms with van der Waals surface area (Å²) in [6.07, 6.45) is 0. The molecule has 0 fully saturated rings. The van der Waals surface area contributed by atoms with Gasteiger partial charge in [0.25, 0.3) is 5.91 Å². The average molecular weight is 309 g/mol. The number of amides is 1. The predicted octanol–water partition coefficient (Wildman–Crippen LogP) is 2.32. The van der Waals surface area contributed by atoms with Gasteiger partial charge in [0, 0.05) is 25.5 Å². The first-order valence-electron chi connectivity index (χ1n) is 6.71. The fraction of sp³-hybridized carbons (Fsp3) is 0.312. The SMILES string of the molecule is CNCCN(C)C(=O)COc1cccc2ccccc12.Cl. The number of carbonyl (C=O) groups excluding carboxylic acids is 1. The Morgan fingerprint density at radius 1 is 1.19 bits per heavy atom. The van der Waals surface area contributed by atoms with E-state index < -0.39 is 0 Å². The van der Waals surface area contributed by atoms with Gasteiger partial charge in [0.05, 0.1) is 0 Å². The summed E-state index contributed by atoms with van der Waals surface area (Å²) in [6.45, 7) is 1.51. The normalized spacial score (nSPS) is 10.0. The molecule has 2 rings (SSSR count). The molecule has 0 heterocycles. The highest BCUT2D eigenvalue weighted by molar-refractivity contribution is 5.88. The highest BCUT2D eigenvalue weighted by Gasteiger charge is 2.10. The van der Waals surface area contributed by atoms with Gasteiger partial charge < -0.3 is 15.0 Å². The minimum absolute atomic E-state index is 0. The largest absolute Gasteiger partial charge is 0.483 e. The zero-order valence-corrected chi connectivity index (χ0v) is 13.2. The Labute approximate surface area is 131 Å². The fourth-order valence-electron chi connectivity index (χ4n) is 1.98. The highest BCUT2D eigenvalue weighted by Crippen LogP contribution is 2.24. The third-order valence-electron chi connectivity index (χ3n) is 3.22. The van der Waals surface area contributed by atoms with Crippen LogP contribution in [0.15, 0.2) is 42.5 Å². The summed E-state index contributed by atoms with van der Waals surface area (Å²) in [5, 5.41) is 5.16. The van der Waals surface area contributed by atoms with Crippen molar-refractivity contribution >= 4 is 29.1 Å². The van der Waals surface area contributed by atoms with E-state index in [1.54, 1.807) is 11.9 Å². The molecule has 0 unspecified atom stereocenters. The van der Waals surface area contributed by atoms with Crippen LogP contribution >= 0.6 is 12.4 Å². The van der Waals surface area contributed by atoms with E-state index in [0.717, 1.165) is 23.1 Å². The number of hydrogen-bond acceptors (Lipinski definition) is 3. The zero-order valence-electron chi connectivity index (χ0n) is 12.3. The van der Waals surface area contributed by atoms with E-state index >= 15 is 0 Å². The molecule has 0 bridgehead atoms. The zero-order chi connectivity index (χ0) is 14.4. The van der Waals surface area contributed by atoms with Crippen molar-refractivity contribution in [2.45, 2.75) is 0 Å². The van der Waals surface area contributed by atoms with E-state index in [-0.39, 0.29) is 24.9 Å². The Morgan fingerprint density at radius 2 is 1.90 bits per heavy atom. The standard InChI is InChI=1S/C16H20N2O2.ClH/c1-17-10-11-18(2)16(19)12-20-15-9-5-7-13-6-3-4-8-14(13)15;/h3-9,17H,10-12H2,1-2H3;1H. The summed E-state index contributed by atoms with van der Waals surface area (Å²) in [4.78, 5) is 13.6. The van der Waals surface area contributed by atoms with E-state index in [4.69, 9.17) is 4.74 Å². The second-order valence-corrected chi connectivity index (χ2v) is 4.68. The topological polar surface area (TPSA) is 41.6 Å². The Hall–Kier alpha value is -1.78. The maximum Gasteiger partial charge on any atom is 0.260 e. The number of nitrogens with one attached hydrogen (secondary N) is 1. The van der Waals surface area contributed by atoms with Crippen LogP contribution in [0.25, 0.3) is 10.8 Å². The van der Waals surface area contributed by atoms with E-state index in [2.05, 4.69) is 5.32 Å².